The molecule has 0 saturated carbocycles. The Morgan fingerprint density at radius 2 is 2.06 bits per heavy atom. The molecule has 3 nitrogen and oxygen atoms in total. The van der Waals surface area contributed by atoms with Crippen LogP contribution in [0.3, 0.4) is 0 Å². The lowest BCUT2D eigenvalue weighted by atomic mass is 10.1. The number of ether oxygens (including phenoxy) is 1. The van der Waals surface area contributed by atoms with Crippen LogP contribution in [0.2, 0.25) is 0 Å². The zero-order chi connectivity index (χ0) is 13.1. The number of rotatable bonds is 4. The summed E-state index contributed by atoms with van der Waals surface area (Å²) in [6, 6.07) is 8.64. The van der Waals surface area contributed by atoms with Crippen LogP contribution in [0.15, 0.2) is 43.9 Å². The van der Waals surface area contributed by atoms with Crippen LogP contribution in [0.25, 0.3) is 0 Å². The zero-order valence-corrected chi connectivity index (χ0v) is 12.7. The Kier molecular flexibility index (Phi) is 4.24. The molecule has 1 heterocycles. The molecule has 0 saturated heterocycles. The summed E-state index contributed by atoms with van der Waals surface area (Å²) in [5.41, 5.74) is 0.480. The molecule has 1 aromatic heterocycles. The van der Waals surface area contributed by atoms with Gasteiger partial charge in [0.2, 0.25) is 5.78 Å². The summed E-state index contributed by atoms with van der Waals surface area (Å²) in [6.07, 6.45) is 0. The highest BCUT2D eigenvalue weighted by atomic mass is 79.9. The monoisotopic (exact) mass is 372 g/mol. The fraction of sp³-hybridized carbons (Fsp3) is 0.154. The van der Waals surface area contributed by atoms with E-state index in [9.17, 15) is 4.79 Å². The van der Waals surface area contributed by atoms with Crippen molar-refractivity contribution in [3.05, 3.63) is 50.8 Å². The Labute approximate surface area is 121 Å². The van der Waals surface area contributed by atoms with Crippen molar-refractivity contribution in [3.63, 3.8) is 0 Å². The molecule has 0 spiro atoms. The summed E-state index contributed by atoms with van der Waals surface area (Å²) in [7, 11) is 0. The van der Waals surface area contributed by atoms with E-state index in [4.69, 9.17) is 9.15 Å². The summed E-state index contributed by atoms with van der Waals surface area (Å²) < 4.78 is 12.1. The predicted octanol–water partition coefficient (Wildman–Crippen LogP) is 4.43. The van der Waals surface area contributed by atoms with Crippen molar-refractivity contribution in [3.8, 4) is 5.75 Å². The maximum absolute atomic E-state index is 12.3. The van der Waals surface area contributed by atoms with E-state index in [-0.39, 0.29) is 11.5 Å². The number of carbonyl (C=O) groups excluding carboxylic acids is 1. The average Bonchev–Trinajstić information content (AvgIpc) is 2.77. The van der Waals surface area contributed by atoms with Crippen molar-refractivity contribution in [1.29, 1.82) is 0 Å². The second kappa shape index (κ2) is 5.71. The first-order valence-electron chi connectivity index (χ1n) is 5.34. The number of hydrogen-bond donors (Lipinski definition) is 0. The normalized spacial score (nSPS) is 10.4. The second-order valence-electron chi connectivity index (χ2n) is 3.51. The molecular formula is C13H10Br2O3. The molecule has 0 atom stereocenters. The van der Waals surface area contributed by atoms with Gasteiger partial charge in [0.1, 0.15) is 5.75 Å². The molecule has 1 aromatic carbocycles. The summed E-state index contributed by atoms with van der Waals surface area (Å²) in [5, 5.41) is 0. The molecule has 0 aliphatic rings. The van der Waals surface area contributed by atoms with Crippen LogP contribution in [-0.2, 0) is 0 Å². The lowest BCUT2D eigenvalue weighted by Crippen LogP contribution is -2.04. The number of carbonyl (C=O) groups is 1. The highest BCUT2D eigenvalue weighted by Gasteiger charge is 2.18. The van der Waals surface area contributed by atoms with Gasteiger partial charge in [0.05, 0.1) is 12.2 Å². The number of ketones is 1. The molecule has 0 fully saturated rings. The molecule has 0 bridgehead atoms. The van der Waals surface area contributed by atoms with Gasteiger partial charge in [-0.1, -0.05) is 15.9 Å². The molecule has 94 valence electrons. The van der Waals surface area contributed by atoms with Gasteiger partial charge in [0.15, 0.2) is 10.4 Å². The number of benzene rings is 1. The van der Waals surface area contributed by atoms with Gasteiger partial charge in [0, 0.05) is 4.47 Å². The van der Waals surface area contributed by atoms with Gasteiger partial charge in [0.25, 0.3) is 0 Å². The third-order valence-corrected chi connectivity index (χ3v) is 3.20. The van der Waals surface area contributed by atoms with Crippen molar-refractivity contribution in [2.45, 2.75) is 6.92 Å². The molecule has 0 amide bonds. The molecule has 2 rings (SSSR count). The largest absolute Gasteiger partial charge is 0.493 e. The minimum Gasteiger partial charge on any atom is -0.493 e. The van der Waals surface area contributed by atoms with E-state index in [1.807, 2.05) is 13.0 Å². The Bertz CT molecular complexity index is 575. The van der Waals surface area contributed by atoms with Crippen molar-refractivity contribution < 1.29 is 13.9 Å². The van der Waals surface area contributed by atoms with Crippen molar-refractivity contribution in [2.24, 2.45) is 0 Å². The molecule has 2 aromatic rings. The first-order chi connectivity index (χ1) is 8.61. The molecule has 0 aliphatic carbocycles. The molecular weight excluding hydrogens is 364 g/mol. The van der Waals surface area contributed by atoms with E-state index >= 15 is 0 Å². The van der Waals surface area contributed by atoms with Gasteiger partial charge in [-0.25, -0.2) is 0 Å². The number of halogens is 2. The van der Waals surface area contributed by atoms with Gasteiger partial charge in [-0.3, -0.25) is 4.79 Å². The number of hydrogen-bond acceptors (Lipinski definition) is 3. The molecule has 5 heteroatoms. The smallest absolute Gasteiger partial charge is 0.231 e. The van der Waals surface area contributed by atoms with Gasteiger partial charge in [-0.05, 0) is 53.2 Å². The van der Waals surface area contributed by atoms with E-state index in [1.165, 1.54) is 0 Å². The first-order valence-corrected chi connectivity index (χ1v) is 6.92. The Hall–Kier alpha value is -1.07. The quantitative estimate of drug-likeness (QED) is 0.744. The lowest BCUT2D eigenvalue weighted by molar-refractivity contribution is 0.100. The predicted molar refractivity (Wildman–Crippen MR) is 75.2 cm³/mol. The van der Waals surface area contributed by atoms with E-state index in [2.05, 4.69) is 31.9 Å². The Morgan fingerprint density at radius 1 is 1.28 bits per heavy atom. The Morgan fingerprint density at radius 3 is 2.67 bits per heavy atom. The van der Waals surface area contributed by atoms with Crippen LogP contribution in [0.4, 0.5) is 0 Å². The molecule has 0 aliphatic heterocycles. The van der Waals surface area contributed by atoms with E-state index < -0.39 is 0 Å². The molecule has 0 radical (unpaired) electrons. The summed E-state index contributed by atoms with van der Waals surface area (Å²) >= 11 is 6.52. The van der Waals surface area contributed by atoms with E-state index in [1.54, 1.807) is 24.3 Å². The SMILES string of the molecule is CCOc1ccc(Br)cc1C(=O)c1ccc(Br)o1. The van der Waals surface area contributed by atoms with Crippen LogP contribution in [0.1, 0.15) is 23.0 Å². The van der Waals surface area contributed by atoms with Crippen LogP contribution in [-0.4, -0.2) is 12.4 Å². The van der Waals surface area contributed by atoms with Crippen molar-refractivity contribution in [2.75, 3.05) is 6.61 Å². The molecule has 0 N–H and O–H groups in total. The maximum Gasteiger partial charge on any atom is 0.231 e. The zero-order valence-electron chi connectivity index (χ0n) is 9.57. The number of furan rings is 1. The van der Waals surface area contributed by atoms with Crippen LogP contribution >= 0.6 is 31.9 Å². The van der Waals surface area contributed by atoms with E-state index in [0.717, 1.165) is 4.47 Å². The maximum atomic E-state index is 12.3. The summed E-state index contributed by atoms with van der Waals surface area (Å²) in [6.45, 7) is 2.38. The fourth-order valence-electron chi connectivity index (χ4n) is 1.53. The van der Waals surface area contributed by atoms with Crippen molar-refractivity contribution >= 4 is 37.6 Å². The van der Waals surface area contributed by atoms with Gasteiger partial charge >= 0.3 is 0 Å². The molecule has 0 unspecified atom stereocenters. The summed E-state index contributed by atoms with van der Waals surface area (Å²) in [4.78, 5) is 12.3. The topological polar surface area (TPSA) is 39.4 Å². The van der Waals surface area contributed by atoms with Gasteiger partial charge in [-0.15, -0.1) is 0 Å². The minimum atomic E-state index is -0.203. The molecule has 18 heavy (non-hydrogen) atoms. The summed E-state index contributed by atoms with van der Waals surface area (Å²) in [5.74, 6) is 0.629. The minimum absolute atomic E-state index is 0.203. The van der Waals surface area contributed by atoms with Gasteiger partial charge in [-0.2, -0.15) is 0 Å². The third kappa shape index (κ3) is 2.84. The van der Waals surface area contributed by atoms with Crippen LogP contribution in [0.5, 0.6) is 5.75 Å². The van der Waals surface area contributed by atoms with Crippen molar-refractivity contribution in [1.82, 2.24) is 0 Å². The third-order valence-electron chi connectivity index (χ3n) is 2.28. The highest BCUT2D eigenvalue weighted by molar-refractivity contribution is 9.10. The highest BCUT2D eigenvalue weighted by Crippen LogP contribution is 2.27. The van der Waals surface area contributed by atoms with Crippen LogP contribution in [0, 0.1) is 0 Å². The Balaban J connectivity index is 2.42. The first kappa shape index (κ1) is 13.4. The van der Waals surface area contributed by atoms with E-state index in [0.29, 0.717) is 22.6 Å². The average molecular weight is 374 g/mol. The lowest BCUT2D eigenvalue weighted by Gasteiger charge is -2.08. The fourth-order valence-corrected chi connectivity index (χ4v) is 2.20. The standard InChI is InChI=1S/C13H10Br2O3/c1-2-17-10-4-3-8(14)7-9(10)13(16)11-5-6-12(15)18-11/h3-7H,2H2,1H3. The van der Waals surface area contributed by atoms with Gasteiger partial charge < -0.3 is 9.15 Å². The van der Waals surface area contributed by atoms with Crippen LogP contribution < -0.4 is 4.74 Å². The second-order valence-corrected chi connectivity index (χ2v) is 5.20.